The van der Waals surface area contributed by atoms with Crippen LogP contribution < -0.4 is 10.6 Å². The molecule has 1 saturated heterocycles. The van der Waals surface area contributed by atoms with Crippen LogP contribution in [0.25, 0.3) is 0 Å². The van der Waals surface area contributed by atoms with E-state index >= 15 is 0 Å². The van der Waals surface area contributed by atoms with Crippen molar-refractivity contribution in [1.29, 1.82) is 0 Å². The molecule has 1 atom stereocenters. The molecule has 2 fully saturated rings. The number of amides is 3. The van der Waals surface area contributed by atoms with Crippen molar-refractivity contribution in [1.82, 2.24) is 15.5 Å². The largest absolute Gasteiger partial charge is 0.444 e. The van der Waals surface area contributed by atoms with Gasteiger partial charge in [0.25, 0.3) is 5.91 Å². The molecule has 30 heavy (non-hydrogen) atoms. The zero-order valence-electron chi connectivity index (χ0n) is 18.0. The number of ether oxygens (including phenoxy) is 1. The maximum atomic E-state index is 12.7. The molecule has 1 aliphatic heterocycles. The van der Waals surface area contributed by atoms with Crippen molar-refractivity contribution in [2.75, 3.05) is 6.54 Å². The number of rotatable bonds is 5. The van der Waals surface area contributed by atoms with Crippen LogP contribution in [0, 0.1) is 0 Å². The van der Waals surface area contributed by atoms with Crippen LogP contribution in [0.1, 0.15) is 62.4 Å². The molecule has 2 N–H and O–H groups in total. The maximum absolute atomic E-state index is 12.7. The van der Waals surface area contributed by atoms with Gasteiger partial charge < -0.3 is 20.3 Å². The van der Waals surface area contributed by atoms with Crippen LogP contribution in [0.4, 0.5) is 4.79 Å². The van der Waals surface area contributed by atoms with Crippen molar-refractivity contribution in [2.24, 2.45) is 0 Å². The molecule has 0 aromatic heterocycles. The second-order valence-corrected chi connectivity index (χ2v) is 9.16. The summed E-state index contributed by atoms with van der Waals surface area (Å²) in [6.45, 7) is 9.84. The number of hydrogen-bond acceptors (Lipinski definition) is 4. The third kappa shape index (κ3) is 5.01. The first-order valence-electron chi connectivity index (χ1n) is 10.4. The van der Waals surface area contributed by atoms with E-state index < -0.39 is 5.60 Å². The minimum Gasteiger partial charge on any atom is -0.444 e. The van der Waals surface area contributed by atoms with Crippen molar-refractivity contribution in [2.45, 2.75) is 70.2 Å². The molecule has 1 spiro atoms. The summed E-state index contributed by atoms with van der Waals surface area (Å²) in [4.78, 5) is 38.5. The summed E-state index contributed by atoms with van der Waals surface area (Å²) in [7, 11) is 0. The van der Waals surface area contributed by atoms with Crippen LogP contribution in [0.2, 0.25) is 0 Å². The molecule has 1 unspecified atom stereocenters. The number of carbonyl (C=O) groups excluding carboxylic acids is 3. The van der Waals surface area contributed by atoms with Crippen molar-refractivity contribution >= 4 is 17.9 Å². The van der Waals surface area contributed by atoms with Crippen LogP contribution in [0.3, 0.4) is 0 Å². The average Bonchev–Trinajstić information content (AvgIpc) is 3.05. The number of benzene rings is 1. The summed E-state index contributed by atoms with van der Waals surface area (Å²) in [5.74, 6) is -0.403. The van der Waals surface area contributed by atoms with E-state index in [-0.39, 0.29) is 29.5 Å². The van der Waals surface area contributed by atoms with E-state index in [2.05, 4.69) is 17.2 Å². The Morgan fingerprint density at radius 1 is 1.23 bits per heavy atom. The highest BCUT2D eigenvalue weighted by atomic mass is 16.6. The number of likely N-dealkylation sites (tertiary alicyclic amines) is 1. The third-order valence-corrected chi connectivity index (χ3v) is 5.70. The smallest absolute Gasteiger partial charge is 0.410 e. The predicted octanol–water partition coefficient (Wildman–Crippen LogP) is 3.15. The third-order valence-electron chi connectivity index (χ3n) is 5.70. The number of carbonyl (C=O) groups is 3. The fourth-order valence-corrected chi connectivity index (χ4v) is 4.09. The van der Waals surface area contributed by atoms with Crippen molar-refractivity contribution < 1.29 is 19.1 Å². The lowest BCUT2D eigenvalue weighted by Gasteiger charge is -2.45. The second kappa shape index (κ2) is 8.50. The van der Waals surface area contributed by atoms with Crippen LogP contribution in [-0.2, 0) is 16.1 Å². The van der Waals surface area contributed by atoms with Crippen LogP contribution in [0.5, 0.6) is 0 Å². The molecule has 1 heterocycles. The van der Waals surface area contributed by atoms with E-state index in [0.29, 0.717) is 18.7 Å². The van der Waals surface area contributed by atoms with Crippen LogP contribution in [-0.4, -0.2) is 46.5 Å². The Kier molecular flexibility index (Phi) is 6.19. The first-order valence-corrected chi connectivity index (χ1v) is 10.4. The Balaban J connectivity index is 1.59. The average molecular weight is 414 g/mol. The van der Waals surface area contributed by atoms with Gasteiger partial charge in [-0.2, -0.15) is 0 Å². The second-order valence-electron chi connectivity index (χ2n) is 9.16. The molecule has 2 aliphatic rings. The summed E-state index contributed by atoms with van der Waals surface area (Å²) >= 11 is 0. The van der Waals surface area contributed by atoms with Gasteiger partial charge in [0.1, 0.15) is 5.60 Å². The van der Waals surface area contributed by atoms with Gasteiger partial charge in [0, 0.05) is 30.2 Å². The molecule has 1 aromatic rings. The molecule has 0 radical (unpaired) electrons. The molecule has 1 aromatic carbocycles. The summed E-state index contributed by atoms with van der Waals surface area (Å²) < 4.78 is 5.59. The molecule has 0 bridgehead atoms. The molecule has 7 heteroatoms. The summed E-state index contributed by atoms with van der Waals surface area (Å²) in [5.41, 5.74) is 0.711. The minimum absolute atomic E-state index is 0.100. The van der Waals surface area contributed by atoms with Gasteiger partial charge in [0.05, 0.1) is 0 Å². The zero-order chi connectivity index (χ0) is 21.9. The molecule has 1 saturated carbocycles. The van der Waals surface area contributed by atoms with E-state index in [1.54, 1.807) is 12.1 Å². The Bertz CT molecular complexity index is 822. The summed E-state index contributed by atoms with van der Waals surface area (Å²) in [5, 5.41) is 5.78. The molecule has 1 aliphatic carbocycles. The van der Waals surface area contributed by atoms with Crippen LogP contribution >= 0.6 is 0 Å². The Morgan fingerprint density at radius 3 is 2.43 bits per heavy atom. The van der Waals surface area contributed by atoms with Gasteiger partial charge >= 0.3 is 6.09 Å². The Morgan fingerprint density at radius 2 is 1.90 bits per heavy atom. The summed E-state index contributed by atoms with van der Waals surface area (Å²) in [6, 6.07) is 7.01. The van der Waals surface area contributed by atoms with Gasteiger partial charge in [-0.1, -0.05) is 18.7 Å². The van der Waals surface area contributed by atoms with E-state index in [0.717, 1.165) is 31.2 Å². The van der Waals surface area contributed by atoms with Crippen molar-refractivity contribution in [3.63, 3.8) is 0 Å². The van der Waals surface area contributed by atoms with Gasteiger partial charge in [-0.3, -0.25) is 9.59 Å². The lowest BCUT2D eigenvalue weighted by Crippen LogP contribution is -2.53. The Hall–Kier alpha value is -2.83. The quantitative estimate of drug-likeness (QED) is 0.726. The molecule has 162 valence electrons. The first kappa shape index (κ1) is 21.9. The molecular formula is C23H31N3O4. The highest BCUT2D eigenvalue weighted by Gasteiger charge is 2.52. The molecule has 3 amide bonds. The highest BCUT2D eigenvalue weighted by Crippen LogP contribution is 2.46. The summed E-state index contributed by atoms with van der Waals surface area (Å²) in [6.07, 6.45) is 4.66. The normalized spacial score (nSPS) is 19.7. The van der Waals surface area contributed by atoms with E-state index in [9.17, 15) is 14.4 Å². The molecule has 3 rings (SSSR count). The topological polar surface area (TPSA) is 87.7 Å². The fourth-order valence-electron chi connectivity index (χ4n) is 4.09. The number of hydrogen-bond donors (Lipinski definition) is 2. The first-order chi connectivity index (χ1) is 14.1. The van der Waals surface area contributed by atoms with E-state index in [1.165, 1.54) is 6.08 Å². The lowest BCUT2D eigenvalue weighted by atomic mass is 9.74. The van der Waals surface area contributed by atoms with Crippen molar-refractivity contribution in [3.05, 3.63) is 48.0 Å². The van der Waals surface area contributed by atoms with Gasteiger partial charge in [-0.25, -0.2) is 4.79 Å². The fraction of sp³-hybridized carbons (Fsp3) is 0.522. The van der Waals surface area contributed by atoms with Crippen LogP contribution in [0.15, 0.2) is 36.9 Å². The maximum Gasteiger partial charge on any atom is 0.410 e. The minimum atomic E-state index is -0.545. The van der Waals surface area contributed by atoms with Gasteiger partial charge in [-0.15, -0.1) is 0 Å². The van der Waals surface area contributed by atoms with E-state index in [4.69, 9.17) is 4.74 Å². The van der Waals surface area contributed by atoms with E-state index in [1.807, 2.05) is 37.8 Å². The highest BCUT2D eigenvalue weighted by molar-refractivity contribution is 5.94. The van der Waals surface area contributed by atoms with Gasteiger partial charge in [-0.05, 0) is 70.2 Å². The standard InChI is InChI=1S/C23H31N3O4/c1-5-19(27)24-14-16-7-9-17(10-8-16)20(28)25-18-13-23(11-6-12-23)26(15-18)21(29)30-22(2,3)4/h5,7-10,18H,1,6,11-15H2,2-4H3,(H,24,27)(H,25,28). The van der Waals surface area contributed by atoms with Crippen molar-refractivity contribution in [3.8, 4) is 0 Å². The number of nitrogens with one attached hydrogen (secondary N) is 2. The monoisotopic (exact) mass is 413 g/mol. The zero-order valence-corrected chi connectivity index (χ0v) is 18.0. The van der Waals surface area contributed by atoms with Gasteiger partial charge in [0.2, 0.25) is 5.91 Å². The molecular weight excluding hydrogens is 382 g/mol. The number of nitrogens with zero attached hydrogens (tertiary/aromatic N) is 1. The molecule has 7 nitrogen and oxygen atoms in total. The SMILES string of the molecule is C=CC(=O)NCc1ccc(C(=O)NC2CN(C(=O)OC(C)(C)C)C3(CCC3)C2)cc1. The Labute approximate surface area is 177 Å². The lowest BCUT2D eigenvalue weighted by molar-refractivity contribution is -0.116. The predicted molar refractivity (Wildman–Crippen MR) is 114 cm³/mol. The van der Waals surface area contributed by atoms with Gasteiger partial charge in [0.15, 0.2) is 0 Å².